The van der Waals surface area contributed by atoms with Gasteiger partial charge in [-0.05, 0) is 82.7 Å². The average Bonchev–Trinajstić information content (AvgIpc) is 3.23. The molecule has 4 aromatic rings. The van der Waals surface area contributed by atoms with Crippen molar-refractivity contribution in [3.63, 3.8) is 0 Å². The molecule has 1 aliphatic heterocycles. The summed E-state index contributed by atoms with van der Waals surface area (Å²) in [4.78, 5) is 29.2. The number of nitrogens with one attached hydrogen (secondary N) is 1. The molecule has 0 saturated carbocycles. The van der Waals surface area contributed by atoms with Gasteiger partial charge in [0.05, 0.1) is 18.8 Å². The first-order valence-corrected chi connectivity index (χ1v) is 13.7. The molecule has 0 unspecified atom stereocenters. The maximum absolute atomic E-state index is 13.3. The van der Waals surface area contributed by atoms with Crippen LogP contribution in [0, 0.1) is 17.8 Å². The number of aromatic nitrogens is 5. The minimum atomic E-state index is -1.17. The number of rotatable bonds is 7. The molecular weight excluding hydrogens is 518 g/mol. The van der Waals surface area contributed by atoms with E-state index in [1.807, 2.05) is 18.2 Å². The number of allylic oxidation sites excluding steroid dienone is 1. The average molecular weight is 554 g/mol. The van der Waals surface area contributed by atoms with Gasteiger partial charge in [0, 0.05) is 23.4 Å². The summed E-state index contributed by atoms with van der Waals surface area (Å²) in [6.07, 6.45) is 5.21. The molecule has 0 radical (unpaired) electrons. The number of pyridine rings is 1. The molecule has 1 aliphatic rings. The molecule has 3 aromatic heterocycles. The first-order chi connectivity index (χ1) is 19.7. The van der Waals surface area contributed by atoms with E-state index in [-0.39, 0.29) is 24.7 Å². The summed E-state index contributed by atoms with van der Waals surface area (Å²) in [7, 11) is 2.13. The molecule has 10 nitrogen and oxygen atoms in total. The molecule has 0 aliphatic carbocycles. The van der Waals surface area contributed by atoms with E-state index in [2.05, 4.69) is 50.6 Å². The van der Waals surface area contributed by atoms with E-state index >= 15 is 0 Å². The van der Waals surface area contributed by atoms with Crippen molar-refractivity contribution in [2.24, 2.45) is 5.92 Å². The zero-order valence-electron chi connectivity index (χ0n) is 23.6. The molecule has 0 atom stereocenters. The summed E-state index contributed by atoms with van der Waals surface area (Å²) in [5.74, 6) is 7.71. The van der Waals surface area contributed by atoms with Gasteiger partial charge >= 0.3 is 0 Å². The Balaban J connectivity index is 1.49. The quantitative estimate of drug-likeness (QED) is 0.235. The third-order valence-electron chi connectivity index (χ3n) is 7.22. The molecule has 4 heterocycles. The molecular formula is C31H35N7O3. The van der Waals surface area contributed by atoms with E-state index in [0.717, 1.165) is 31.5 Å². The highest BCUT2D eigenvalue weighted by molar-refractivity contribution is 5.77. The minimum Gasteiger partial charge on any atom is -0.392 e. The molecule has 1 aromatic carbocycles. The zero-order chi connectivity index (χ0) is 29.1. The van der Waals surface area contributed by atoms with Gasteiger partial charge in [0.15, 0.2) is 11.5 Å². The number of hydrogen-bond acceptors (Lipinski definition) is 8. The fourth-order valence-electron chi connectivity index (χ4n) is 4.88. The molecule has 1 saturated heterocycles. The fraction of sp³-hybridized carbons (Fsp3) is 0.355. The van der Waals surface area contributed by atoms with Crippen molar-refractivity contribution in [2.75, 3.05) is 25.5 Å². The molecule has 10 heteroatoms. The highest BCUT2D eigenvalue weighted by Gasteiger charge is 2.22. The van der Waals surface area contributed by atoms with Gasteiger partial charge in [0.25, 0.3) is 5.56 Å². The van der Waals surface area contributed by atoms with Crippen molar-refractivity contribution in [3.8, 4) is 17.7 Å². The Labute approximate surface area is 239 Å². The van der Waals surface area contributed by atoms with Gasteiger partial charge in [-0.15, -0.1) is 6.58 Å². The highest BCUT2D eigenvalue weighted by atomic mass is 16.3. The van der Waals surface area contributed by atoms with Gasteiger partial charge in [-0.1, -0.05) is 24.0 Å². The third-order valence-corrected chi connectivity index (χ3v) is 7.22. The summed E-state index contributed by atoms with van der Waals surface area (Å²) in [6.45, 7) is 9.26. The van der Waals surface area contributed by atoms with E-state index in [1.54, 1.807) is 42.8 Å². The Hall–Kier alpha value is -4.30. The predicted molar refractivity (Wildman–Crippen MR) is 159 cm³/mol. The van der Waals surface area contributed by atoms with E-state index in [4.69, 9.17) is 0 Å². The number of likely N-dealkylation sites (tertiary alicyclic amines) is 1. The van der Waals surface area contributed by atoms with Crippen molar-refractivity contribution in [1.29, 1.82) is 0 Å². The standard InChI is InChI=1S/C31H35N7O3/c1-5-15-37-29(40)25-19-32-30(35-28(25)38(37)27-8-6-7-26(34-27)31(2,3)41)33-24-12-11-22(23(18-24)20-39)10-9-21-13-16-36(4)17-14-21/h5-8,11-12,18-19,21,39,41H,1,13-17,20H2,2-4H3,(H,32,33,35). The Morgan fingerprint density at radius 1 is 1.20 bits per heavy atom. The van der Waals surface area contributed by atoms with E-state index < -0.39 is 5.60 Å². The summed E-state index contributed by atoms with van der Waals surface area (Å²) in [5.41, 5.74) is 1.55. The monoisotopic (exact) mass is 553 g/mol. The molecule has 0 amide bonds. The molecule has 3 N–H and O–H groups in total. The van der Waals surface area contributed by atoms with Crippen LogP contribution in [0.15, 0.2) is 60.0 Å². The maximum atomic E-state index is 13.3. The SMILES string of the molecule is C=CCn1c(=O)c2cnc(Nc3ccc(C#CC4CCN(C)CC4)c(CO)c3)nc2n1-c1cccc(C(C)(C)O)n1. The molecule has 5 rings (SSSR count). The Bertz CT molecular complexity index is 1700. The van der Waals surface area contributed by atoms with Crippen LogP contribution in [0.3, 0.4) is 0 Å². The lowest BCUT2D eigenvalue weighted by molar-refractivity contribution is 0.0738. The number of nitrogens with zero attached hydrogens (tertiary/aromatic N) is 6. The maximum Gasteiger partial charge on any atom is 0.278 e. The van der Waals surface area contributed by atoms with E-state index in [9.17, 15) is 15.0 Å². The second-order valence-electron chi connectivity index (χ2n) is 10.9. The first-order valence-electron chi connectivity index (χ1n) is 13.7. The topological polar surface area (TPSA) is 121 Å². The highest BCUT2D eigenvalue weighted by Crippen LogP contribution is 2.23. The van der Waals surface area contributed by atoms with Crippen LogP contribution in [0.1, 0.15) is 43.5 Å². The number of aliphatic hydroxyl groups excluding tert-OH is 1. The summed E-state index contributed by atoms with van der Waals surface area (Å²) >= 11 is 0. The largest absolute Gasteiger partial charge is 0.392 e. The summed E-state index contributed by atoms with van der Waals surface area (Å²) in [6, 6.07) is 10.8. The van der Waals surface area contributed by atoms with E-state index in [0.29, 0.717) is 39.7 Å². The second-order valence-corrected chi connectivity index (χ2v) is 10.9. The van der Waals surface area contributed by atoms with Crippen LogP contribution in [-0.2, 0) is 18.8 Å². The van der Waals surface area contributed by atoms with Crippen molar-refractivity contribution in [3.05, 3.63) is 82.4 Å². The smallest absolute Gasteiger partial charge is 0.278 e. The zero-order valence-corrected chi connectivity index (χ0v) is 23.6. The predicted octanol–water partition coefficient (Wildman–Crippen LogP) is 3.32. The van der Waals surface area contributed by atoms with Gasteiger partial charge in [0.2, 0.25) is 5.95 Å². The normalized spacial score (nSPS) is 14.6. The van der Waals surface area contributed by atoms with Crippen LogP contribution in [0.2, 0.25) is 0 Å². The second kappa shape index (κ2) is 11.7. The van der Waals surface area contributed by atoms with Crippen LogP contribution >= 0.6 is 0 Å². The molecule has 0 spiro atoms. The molecule has 212 valence electrons. The van der Waals surface area contributed by atoms with E-state index in [1.165, 1.54) is 10.9 Å². The van der Waals surface area contributed by atoms with Gasteiger partial charge in [-0.2, -0.15) is 4.98 Å². The third kappa shape index (κ3) is 6.07. The number of benzene rings is 1. The fourth-order valence-corrected chi connectivity index (χ4v) is 4.88. The minimum absolute atomic E-state index is 0.153. The Morgan fingerprint density at radius 3 is 2.68 bits per heavy atom. The van der Waals surface area contributed by atoms with Crippen LogP contribution in [0.5, 0.6) is 0 Å². The van der Waals surface area contributed by atoms with Crippen LogP contribution in [0.4, 0.5) is 11.6 Å². The van der Waals surface area contributed by atoms with Gasteiger partial charge in [-0.25, -0.2) is 19.3 Å². The molecule has 41 heavy (non-hydrogen) atoms. The Morgan fingerprint density at radius 2 is 1.98 bits per heavy atom. The van der Waals surface area contributed by atoms with Crippen molar-refractivity contribution >= 4 is 22.7 Å². The number of aliphatic hydroxyl groups is 2. The van der Waals surface area contributed by atoms with Crippen molar-refractivity contribution in [1.82, 2.24) is 29.2 Å². The summed E-state index contributed by atoms with van der Waals surface area (Å²) in [5, 5.41) is 24.1. The number of anilines is 2. The lowest BCUT2D eigenvalue weighted by atomic mass is 9.97. The van der Waals surface area contributed by atoms with Crippen molar-refractivity contribution in [2.45, 2.75) is 45.4 Å². The van der Waals surface area contributed by atoms with Gasteiger partial charge in [0.1, 0.15) is 11.0 Å². The first kappa shape index (κ1) is 28.2. The molecule has 0 bridgehead atoms. The number of fused-ring (bicyclic) bond motifs is 1. The van der Waals surface area contributed by atoms with Gasteiger partial charge in [-0.3, -0.25) is 4.79 Å². The summed E-state index contributed by atoms with van der Waals surface area (Å²) < 4.78 is 3.09. The van der Waals surface area contributed by atoms with Crippen molar-refractivity contribution < 1.29 is 10.2 Å². The molecule has 1 fully saturated rings. The number of hydrogen-bond donors (Lipinski definition) is 3. The van der Waals surface area contributed by atoms with Gasteiger partial charge < -0.3 is 20.4 Å². The lowest BCUT2D eigenvalue weighted by Crippen LogP contribution is -2.29. The Kier molecular flexibility index (Phi) is 8.03. The van der Waals surface area contributed by atoms with Crippen LogP contribution in [0.25, 0.3) is 16.9 Å². The number of piperidine rings is 1. The lowest BCUT2D eigenvalue weighted by Gasteiger charge is -2.25. The van der Waals surface area contributed by atoms with Crippen LogP contribution in [-0.4, -0.2) is 59.6 Å². The van der Waals surface area contributed by atoms with Crippen LogP contribution < -0.4 is 10.9 Å².